The van der Waals surface area contributed by atoms with Gasteiger partial charge in [-0.1, -0.05) is 12.1 Å². The molecule has 0 bridgehead atoms. The summed E-state index contributed by atoms with van der Waals surface area (Å²) >= 11 is 0. The Balaban J connectivity index is 2.06. The van der Waals surface area contributed by atoms with Crippen molar-refractivity contribution in [1.29, 1.82) is 0 Å². The quantitative estimate of drug-likeness (QED) is 0.772. The van der Waals surface area contributed by atoms with E-state index in [1.165, 1.54) is 24.1 Å². The predicted molar refractivity (Wildman–Crippen MR) is 91.1 cm³/mol. The Hall–Kier alpha value is -2.09. The third-order valence-electron chi connectivity index (χ3n) is 4.52. The van der Waals surface area contributed by atoms with Crippen LogP contribution in [0.2, 0.25) is 0 Å². The Labute approximate surface area is 150 Å². The van der Waals surface area contributed by atoms with Crippen LogP contribution < -0.4 is 10.6 Å². The Morgan fingerprint density at radius 3 is 2.73 bits per heavy atom. The Bertz CT molecular complexity index is 628. The van der Waals surface area contributed by atoms with Crippen molar-refractivity contribution in [2.24, 2.45) is 5.92 Å². The van der Waals surface area contributed by atoms with Crippen molar-refractivity contribution in [2.75, 3.05) is 26.7 Å². The van der Waals surface area contributed by atoms with Crippen LogP contribution in [0, 0.1) is 5.92 Å². The molecule has 1 aromatic rings. The molecule has 1 saturated heterocycles. The Morgan fingerprint density at radius 2 is 2.12 bits per heavy atom. The van der Waals surface area contributed by atoms with Gasteiger partial charge in [0, 0.05) is 20.0 Å². The predicted octanol–water partition coefficient (Wildman–Crippen LogP) is 2.17. The van der Waals surface area contributed by atoms with Gasteiger partial charge < -0.3 is 15.5 Å². The lowest BCUT2D eigenvalue weighted by atomic mass is 10.0. The second-order valence-corrected chi connectivity index (χ2v) is 6.52. The van der Waals surface area contributed by atoms with Crippen molar-refractivity contribution in [3.8, 4) is 0 Å². The average molecular weight is 371 g/mol. The van der Waals surface area contributed by atoms with Crippen LogP contribution in [0.25, 0.3) is 0 Å². The number of carbonyl (C=O) groups is 2. The van der Waals surface area contributed by atoms with Gasteiger partial charge in [-0.2, -0.15) is 13.2 Å². The highest BCUT2D eigenvalue weighted by atomic mass is 19.4. The highest BCUT2D eigenvalue weighted by Gasteiger charge is 2.30. The number of hydrogen-bond acceptors (Lipinski definition) is 3. The van der Waals surface area contributed by atoms with Crippen LogP contribution in [0.5, 0.6) is 0 Å². The van der Waals surface area contributed by atoms with Gasteiger partial charge in [-0.05, 0) is 49.5 Å². The molecule has 2 amide bonds. The Kier molecular flexibility index (Phi) is 7.02. The lowest BCUT2D eigenvalue weighted by molar-refractivity contribution is -0.137. The molecule has 26 heavy (non-hydrogen) atoms. The fraction of sp³-hybridized carbons (Fsp3) is 0.556. The molecule has 1 fully saturated rings. The van der Waals surface area contributed by atoms with Gasteiger partial charge in [0.1, 0.15) is 0 Å². The van der Waals surface area contributed by atoms with Crippen LogP contribution in [0.1, 0.15) is 30.4 Å². The molecule has 0 aromatic heterocycles. The van der Waals surface area contributed by atoms with Crippen LogP contribution in [-0.4, -0.2) is 43.4 Å². The number of rotatable bonds is 7. The molecule has 0 saturated carbocycles. The molecule has 8 heteroatoms. The number of benzene rings is 1. The molecule has 144 valence electrons. The zero-order valence-corrected chi connectivity index (χ0v) is 14.7. The number of nitrogens with one attached hydrogen (secondary N) is 2. The van der Waals surface area contributed by atoms with Crippen molar-refractivity contribution >= 4 is 11.8 Å². The molecular weight excluding hydrogens is 347 g/mol. The normalized spacial score (nSPS) is 17.2. The van der Waals surface area contributed by atoms with Gasteiger partial charge in [-0.3, -0.25) is 9.59 Å². The maximum atomic E-state index is 12.9. The zero-order chi connectivity index (χ0) is 19.2. The monoisotopic (exact) mass is 371 g/mol. The molecule has 5 nitrogen and oxygen atoms in total. The minimum atomic E-state index is -4.44. The second-order valence-electron chi connectivity index (χ2n) is 6.52. The molecule has 1 aliphatic rings. The third-order valence-corrected chi connectivity index (χ3v) is 4.52. The van der Waals surface area contributed by atoms with Gasteiger partial charge in [0.15, 0.2) is 0 Å². The topological polar surface area (TPSA) is 61.4 Å². The minimum absolute atomic E-state index is 0.0287. The van der Waals surface area contributed by atoms with Gasteiger partial charge in [0.05, 0.1) is 12.1 Å². The van der Waals surface area contributed by atoms with E-state index in [0.717, 1.165) is 31.6 Å². The summed E-state index contributed by atoms with van der Waals surface area (Å²) < 4.78 is 38.6. The number of halogens is 3. The van der Waals surface area contributed by atoms with E-state index in [2.05, 4.69) is 10.6 Å². The van der Waals surface area contributed by atoms with Crippen molar-refractivity contribution in [1.82, 2.24) is 15.5 Å². The first kappa shape index (κ1) is 20.2. The van der Waals surface area contributed by atoms with E-state index < -0.39 is 11.7 Å². The summed E-state index contributed by atoms with van der Waals surface area (Å²) in [7, 11) is 1.46. The summed E-state index contributed by atoms with van der Waals surface area (Å²) in [5.74, 6) is -0.153. The molecule has 2 N–H and O–H groups in total. The molecule has 0 spiro atoms. The number of likely N-dealkylation sites (N-methyl/N-ethyl adjacent to an activating group) is 1. The van der Waals surface area contributed by atoms with Crippen molar-refractivity contribution in [2.45, 2.75) is 32.0 Å². The lowest BCUT2D eigenvalue weighted by Crippen LogP contribution is -2.39. The van der Waals surface area contributed by atoms with Crippen molar-refractivity contribution < 1.29 is 22.8 Å². The van der Waals surface area contributed by atoms with Crippen LogP contribution in [0.3, 0.4) is 0 Å². The largest absolute Gasteiger partial charge is 0.416 e. The lowest BCUT2D eigenvalue weighted by Gasteiger charge is -2.23. The number of alkyl halides is 3. The highest BCUT2D eigenvalue weighted by molar-refractivity contribution is 5.84. The van der Waals surface area contributed by atoms with E-state index in [1.807, 2.05) is 0 Å². The summed E-state index contributed by atoms with van der Waals surface area (Å²) in [6, 6.07) is 4.84. The first-order valence-electron chi connectivity index (χ1n) is 8.65. The standard InChI is InChI=1S/C18H24F3N3O2/c1-22-16(25)12-24(17(26)6-5-13-7-8-23-10-13)11-14-3-2-4-15(9-14)18(19,20)21/h2-4,9,13,23H,5-8,10-12H2,1H3,(H,22,25). The molecule has 1 aromatic carbocycles. The van der Waals surface area contributed by atoms with Crippen LogP contribution in [-0.2, 0) is 22.3 Å². The molecule has 2 rings (SSSR count). The zero-order valence-electron chi connectivity index (χ0n) is 14.7. The summed E-state index contributed by atoms with van der Waals surface area (Å²) in [6.07, 6.45) is -2.45. The first-order chi connectivity index (χ1) is 12.3. The van der Waals surface area contributed by atoms with Crippen molar-refractivity contribution in [3.63, 3.8) is 0 Å². The van der Waals surface area contributed by atoms with Gasteiger partial charge in [0.25, 0.3) is 0 Å². The highest BCUT2D eigenvalue weighted by Crippen LogP contribution is 2.29. The first-order valence-corrected chi connectivity index (χ1v) is 8.65. The SMILES string of the molecule is CNC(=O)CN(Cc1cccc(C(F)(F)F)c1)C(=O)CCC1CCNC1. The van der Waals surface area contributed by atoms with Crippen LogP contribution >= 0.6 is 0 Å². The second kappa shape index (κ2) is 9.02. The third kappa shape index (κ3) is 6.01. The van der Waals surface area contributed by atoms with E-state index in [9.17, 15) is 22.8 Å². The van der Waals surface area contributed by atoms with E-state index in [1.54, 1.807) is 0 Å². The van der Waals surface area contributed by atoms with Crippen LogP contribution in [0.4, 0.5) is 13.2 Å². The summed E-state index contributed by atoms with van der Waals surface area (Å²) in [5, 5.41) is 5.68. The molecule has 1 aliphatic heterocycles. The summed E-state index contributed by atoms with van der Waals surface area (Å²) in [4.78, 5) is 25.6. The number of hydrogen-bond donors (Lipinski definition) is 2. The fourth-order valence-electron chi connectivity index (χ4n) is 3.00. The molecule has 1 unspecified atom stereocenters. The maximum absolute atomic E-state index is 12.9. The van der Waals surface area contributed by atoms with E-state index in [-0.39, 0.29) is 31.3 Å². The van der Waals surface area contributed by atoms with Gasteiger partial charge in [-0.25, -0.2) is 0 Å². The van der Waals surface area contributed by atoms with Crippen LogP contribution in [0.15, 0.2) is 24.3 Å². The molecule has 1 atom stereocenters. The van der Waals surface area contributed by atoms with E-state index >= 15 is 0 Å². The van der Waals surface area contributed by atoms with Gasteiger partial charge in [0.2, 0.25) is 11.8 Å². The van der Waals surface area contributed by atoms with Gasteiger partial charge >= 0.3 is 6.18 Å². The van der Waals surface area contributed by atoms with Crippen molar-refractivity contribution in [3.05, 3.63) is 35.4 Å². The molecule has 1 heterocycles. The van der Waals surface area contributed by atoms with Gasteiger partial charge in [-0.15, -0.1) is 0 Å². The Morgan fingerprint density at radius 1 is 1.35 bits per heavy atom. The number of nitrogens with zero attached hydrogens (tertiary/aromatic N) is 1. The summed E-state index contributed by atoms with van der Waals surface area (Å²) in [6.45, 7) is 1.61. The smallest absolute Gasteiger partial charge is 0.358 e. The molecule has 0 radical (unpaired) electrons. The average Bonchev–Trinajstić information content (AvgIpc) is 3.12. The number of carbonyl (C=O) groups excluding carboxylic acids is 2. The minimum Gasteiger partial charge on any atom is -0.358 e. The fourth-order valence-corrected chi connectivity index (χ4v) is 3.00. The maximum Gasteiger partial charge on any atom is 0.416 e. The molecular formula is C18H24F3N3O2. The molecule has 0 aliphatic carbocycles. The van der Waals surface area contributed by atoms with E-state index in [0.29, 0.717) is 17.9 Å². The summed E-state index contributed by atoms with van der Waals surface area (Å²) in [5.41, 5.74) is -0.418. The number of amides is 2. The van der Waals surface area contributed by atoms with E-state index in [4.69, 9.17) is 0 Å².